The highest BCUT2D eigenvalue weighted by atomic mass is 19.3. The van der Waals surface area contributed by atoms with E-state index in [1.165, 1.54) is 6.07 Å². The molecule has 0 radical (unpaired) electrons. The highest BCUT2D eigenvalue weighted by Gasteiger charge is 2.21. The zero-order chi connectivity index (χ0) is 10.6. The summed E-state index contributed by atoms with van der Waals surface area (Å²) >= 11 is 0. The molecule has 0 aliphatic carbocycles. The fourth-order valence-corrected chi connectivity index (χ4v) is 0.623. The molecule has 7 heteroatoms. The second-order valence-corrected chi connectivity index (χ2v) is 2.22. The van der Waals surface area contributed by atoms with Crippen molar-refractivity contribution in [2.75, 3.05) is 0 Å². The third kappa shape index (κ3) is 2.68. The lowest BCUT2D eigenvalue weighted by Gasteiger charge is -2.07. The van der Waals surface area contributed by atoms with Crippen molar-refractivity contribution in [3.05, 3.63) is 17.8 Å². The van der Waals surface area contributed by atoms with Crippen molar-refractivity contribution in [1.29, 1.82) is 0 Å². The predicted molar refractivity (Wildman–Crippen MR) is 38.9 cm³/mol. The summed E-state index contributed by atoms with van der Waals surface area (Å²) in [5.74, 6) is -0.400. The molecule has 0 spiro atoms. The molecule has 0 amide bonds. The minimum atomic E-state index is -3.25. The van der Waals surface area contributed by atoms with Gasteiger partial charge in [0.15, 0.2) is 6.29 Å². The van der Waals surface area contributed by atoms with Crippen LogP contribution in [0.2, 0.25) is 0 Å². The highest BCUT2D eigenvalue weighted by molar-refractivity contribution is 5.71. The van der Waals surface area contributed by atoms with Gasteiger partial charge in [-0.3, -0.25) is 4.79 Å². The van der Waals surface area contributed by atoms with Crippen molar-refractivity contribution in [1.82, 2.24) is 10.2 Å². The first-order valence-corrected chi connectivity index (χ1v) is 3.51. The van der Waals surface area contributed by atoms with Gasteiger partial charge >= 0.3 is 6.43 Å². The van der Waals surface area contributed by atoms with Crippen LogP contribution in [0.5, 0.6) is 5.88 Å². The molecule has 1 heterocycles. The van der Waals surface area contributed by atoms with Gasteiger partial charge in [0.1, 0.15) is 5.69 Å². The molecule has 0 N–H and O–H groups in total. The monoisotopic (exact) mass is 206 g/mol. The number of nitrogens with zero attached hydrogens (tertiary/aromatic N) is 2. The van der Waals surface area contributed by atoms with Gasteiger partial charge < -0.3 is 4.74 Å². The van der Waals surface area contributed by atoms with Crippen LogP contribution < -0.4 is 4.74 Å². The summed E-state index contributed by atoms with van der Waals surface area (Å²) in [4.78, 5) is 10.1. The van der Waals surface area contributed by atoms with Gasteiger partial charge in [-0.2, -0.15) is 4.39 Å². The smallest absolute Gasteiger partial charge is 0.304 e. The number of hydrogen-bond donors (Lipinski definition) is 0. The lowest BCUT2D eigenvalue weighted by atomic mass is 10.4. The normalized spacial score (nSPS) is 12.6. The average molecular weight is 206 g/mol. The van der Waals surface area contributed by atoms with Crippen LogP contribution in [-0.2, 0) is 0 Å². The number of rotatable bonds is 4. The maximum Gasteiger partial charge on any atom is 0.304 e. The molecular formula is C7H5F3N2O2. The van der Waals surface area contributed by atoms with Gasteiger partial charge in [-0.25, -0.2) is 8.78 Å². The summed E-state index contributed by atoms with van der Waals surface area (Å²) in [5, 5.41) is 6.45. The van der Waals surface area contributed by atoms with Gasteiger partial charge in [0, 0.05) is 6.07 Å². The zero-order valence-corrected chi connectivity index (χ0v) is 6.73. The Morgan fingerprint density at radius 3 is 2.43 bits per heavy atom. The number of ether oxygens (including phenoxy) is 1. The SMILES string of the molecule is O=Cc1ccc(OC(F)C(F)F)nn1. The maximum absolute atomic E-state index is 12.3. The third-order valence-corrected chi connectivity index (χ3v) is 1.21. The number of carbonyl (C=O) groups excluding carboxylic acids is 1. The minimum absolute atomic E-state index is 0.00445. The quantitative estimate of drug-likeness (QED) is 0.695. The Morgan fingerprint density at radius 1 is 1.29 bits per heavy atom. The lowest BCUT2D eigenvalue weighted by Crippen LogP contribution is -2.20. The minimum Gasteiger partial charge on any atom is -0.436 e. The van der Waals surface area contributed by atoms with Crippen LogP contribution in [0.25, 0.3) is 0 Å². The van der Waals surface area contributed by atoms with E-state index in [0.717, 1.165) is 6.07 Å². The van der Waals surface area contributed by atoms with E-state index in [1.807, 2.05) is 0 Å². The Hall–Kier alpha value is -1.66. The van der Waals surface area contributed by atoms with Crippen LogP contribution in [0.15, 0.2) is 12.1 Å². The second-order valence-electron chi connectivity index (χ2n) is 2.22. The molecule has 0 saturated carbocycles. The standard InChI is InChI=1S/C7H5F3N2O2/c8-6(9)7(10)14-5-2-1-4(3-13)11-12-5/h1-3,6-7H. The van der Waals surface area contributed by atoms with E-state index in [1.54, 1.807) is 0 Å². The number of carbonyl (C=O) groups is 1. The zero-order valence-electron chi connectivity index (χ0n) is 6.73. The van der Waals surface area contributed by atoms with Gasteiger partial charge in [0.05, 0.1) is 0 Å². The molecule has 0 aliphatic rings. The van der Waals surface area contributed by atoms with Crippen molar-refractivity contribution in [2.45, 2.75) is 12.8 Å². The summed E-state index contributed by atoms with van der Waals surface area (Å²) in [7, 11) is 0. The molecule has 0 aliphatic heterocycles. The molecule has 1 aromatic heterocycles. The van der Waals surface area contributed by atoms with Crippen LogP contribution in [0.3, 0.4) is 0 Å². The molecule has 14 heavy (non-hydrogen) atoms. The number of hydrogen-bond acceptors (Lipinski definition) is 4. The number of halogens is 3. The van der Waals surface area contributed by atoms with Gasteiger partial charge in [-0.05, 0) is 6.07 Å². The molecule has 1 unspecified atom stereocenters. The Morgan fingerprint density at radius 2 is 2.00 bits per heavy atom. The van der Waals surface area contributed by atoms with Crippen molar-refractivity contribution < 1.29 is 22.7 Å². The van der Waals surface area contributed by atoms with E-state index >= 15 is 0 Å². The summed E-state index contributed by atoms with van der Waals surface area (Å²) < 4.78 is 39.7. The van der Waals surface area contributed by atoms with Crippen LogP contribution in [0, 0.1) is 0 Å². The number of aldehydes is 1. The Labute approximate surface area is 76.7 Å². The van der Waals surface area contributed by atoms with Crippen LogP contribution in [-0.4, -0.2) is 29.3 Å². The molecule has 0 bridgehead atoms. The highest BCUT2D eigenvalue weighted by Crippen LogP contribution is 2.12. The van der Waals surface area contributed by atoms with Crippen molar-refractivity contribution in [3.8, 4) is 5.88 Å². The van der Waals surface area contributed by atoms with Gasteiger partial charge in [-0.15, -0.1) is 10.2 Å². The third-order valence-electron chi connectivity index (χ3n) is 1.21. The van der Waals surface area contributed by atoms with E-state index in [-0.39, 0.29) is 5.69 Å². The van der Waals surface area contributed by atoms with Crippen LogP contribution >= 0.6 is 0 Å². The van der Waals surface area contributed by atoms with E-state index < -0.39 is 18.7 Å². The molecule has 76 valence electrons. The number of aromatic nitrogens is 2. The topological polar surface area (TPSA) is 52.1 Å². The first-order chi connectivity index (χ1) is 6.63. The Bertz CT molecular complexity index is 304. The molecular weight excluding hydrogens is 201 g/mol. The average Bonchev–Trinajstić information content (AvgIpc) is 2.19. The summed E-state index contributed by atoms with van der Waals surface area (Å²) in [6, 6.07) is 2.25. The van der Waals surface area contributed by atoms with Gasteiger partial charge in [-0.1, -0.05) is 0 Å². The van der Waals surface area contributed by atoms with Gasteiger partial charge in [0.25, 0.3) is 6.36 Å². The molecule has 0 saturated heterocycles. The Balaban J connectivity index is 2.64. The molecule has 1 atom stereocenters. The lowest BCUT2D eigenvalue weighted by molar-refractivity contribution is -0.0694. The van der Waals surface area contributed by atoms with Crippen molar-refractivity contribution >= 4 is 6.29 Å². The summed E-state index contributed by atoms with van der Waals surface area (Å²) in [5.41, 5.74) is 0.00445. The van der Waals surface area contributed by atoms with E-state index in [2.05, 4.69) is 14.9 Å². The van der Waals surface area contributed by atoms with Crippen molar-refractivity contribution in [2.24, 2.45) is 0 Å². The molecule has 0 fully saturated rings. The van der Waals surface area contributed by atoms with E-state index in [0.29, 0.717) is 6.29 Å². The fraction of sp³-hybridized carbons (Fsp3) is 0.286. The first-order valence-electron chi connectivity index (χ1n) is 3.51. The number of alkyl halides is 3. The molecule has 4 nitrogen and oxygen atoms in total. The summed E-state index contributed by atoms with van der Waals surface area (Å²) in [6.45, 7) is 0. The fourth-order valence-electron chi connectivity index (χ4n) is 0.623. The second kappa shape index (κ2) is 4.54. The van der Waals surface area contributed by atoms with Gasteiger partial charge in [0.2, 0.25) is 5.88 Å². The molecule has 1 rings (SSSR count). The van der Waals surface area contributed by atoms with E-state index in [4.69, 9.17) is 0 Å². The van der Waals surface area contributed by atoms with Crippen LogP contribution in [0.1, 0.15) is 10.5 Å². The van der Waals surface area contributed by atoms with Crippen molar-refractivity contribution in [3.63, 3.8) is 0 Å². The first kappa shape index (κ1) is 10.4. The molecule has 1 aromatic rings. The van der Waals surface area contributed by atoms with Crippen LogP contribution in [0.4, 0.5) is 13.2 Å². The Kier molecular flexibility index (Phi) is 3.38. The van der Waals surface area contributed by atoms with E-state index in [9.17, 15) is 18.0 Å². The summed E-state index contributed by atoms with van der Waals surface area (Å²) in [6.07, 6.45) is -5.58. The molecule has 0 aromatic carbocycles. The predicted octanol–water partition coefficient (Wildman–Crippen LogP) is 1.23. The maximum atomic E-state index is 12.3. The largest absolute Gasteiger partial charge is 0.436 e.